The van der Waals surface area contributed by atoms with Crippen molar-refractivity contribution in [1.82, 2.24) is 5.32 Å². The Morgan fingerprint density at radius 3 is 1.29 bits per heavy atom. The first-order valence-corrected chi connectivity index (χ1v) is 27.9. The second kappa shape index (κ2) is 44.9. The van der Waals surface area contributed by atoms with E-state index < -0.39 is 20.0 Å². The van der Waals surface area contributed by atoms with E-state index in [2.05, 4.69) is 43.5 Å². The van der Waals surface area contributed by atoms with E-state index in [4.69, 9.17) is 9.05 Å². The van der Waals surface area contributed by atoms with Crippen LogP contribution in [0, 0.1) is 0 Å². The Labute approximate surface area is 385 Å². The second-order valence-corrected chi connectivity index (χ2v) is 20.7. The van der Waals surface area contributed by atoms with Crippen LogP contribution in [-0.4, -0.2) is 73.4 Å². The summed E-state index contributed by atoms with van der Waals surface area (Å²) < 4.78 is 23.6. The van der Waals surface area contributed by atoms with Gasteiger partial charge in [0, 0.05) is 6.42 Å². The molecule has 0 fully saturated rings. The van der Waals surface area contributed by atoms with Gasteiger partial charge in [0.05, 0.1) is 39.9 Å². The summed E-state index contributed by atoms with van der Waals surface area (Å²) in [6.45, 7) is 4.81. The molecule has 366 valence electrons. The molecule has 62 heavy (non-hydrogen) atoms. The zero-order valence-corrected chi connectivity index (χ0v) is 42.5. The molecule has 9 heteroatoms. The monoisotopic (exact) mass is 896 g/mol. The Hall–Kier alpha value is -1.28. The number of likely N-dealkylation sites (N-methyl/N-ethyl adjacent to an activating group) is 1. The summed E-state index contributed by atoms with van der Waals surface area (Å²) in [6.07, 6.45) is 56.6. The van der Waals surface area contributed by atoms with E-state index in [-0.39, 0.29) is 19.1 Å². The number of carbonyl (C=O) groups excluding carboxylic acids is 1. The summed E-state index contributed by atoms with van der Waals surface area (Å²) in [7, 11) is 1.56. The molecule has 0 aliphatic carbocycles. The zero-order chi connectivity index (χ0) is 45.7. The maximum atomic E-state index is 12.9. The number of hydrogen-bond donors (Lipinski definition) is 3. The molecule has 0 aromatic carbocycles. The molecule has 8 nitrogen and oxygen atoms in total. The van der Waals surface area contributed by atoms with Crippen LogP contribution in [0.1, 0.15) is 245 Å². The number of amides is 1. The Kier molecular flexibility index (Phi) is 44.0. The van der Waals surface area contributed by atoms with Gasteiger partial charge in [0.1, 0.15) is 13.2 Å². The van der Waals surface area contributed by atoms with E-state index in [1.165, 1.54) is 186 Å². The number of unbranched alkanes of at least 4 members (excludes halogenated alkanes) is 31. The predicted octanol–water partition coefficient (Wildman–Crippen LogP) is 15.4. The molecule has 0 bridgehead atoms. The molecule has 3 unspecified atom stereocenters. The van der Waals surface area contributed by atoms with Gasteiger partial charge < -0.3 is 19.8 Å². The van der Waals surface area contributed by atoms with Crippen LogP contribution in [0.5, 0.6) is 0 Å². The van der Waals surface area contributed by atoms with Crippen molar-refractivity contribution in [3.8, 4) is 0 Å². The molecule has 0 radical (unpaired) electrons. The fourth-order valence-electron chi connectivity index (χ4n) is 7.64. The van der Waals surface area contributed by atoms with E-state index in [0.29, 0.717) is 17.4 Å². The number of allylic oxidation sites excluding steroid dienone is 5. The molecule has 0 aromatic heterocycles. The highest BCUT2D eigenvalue weighted by Crippen LogP contribution is 2.43. The minimum absolute atomic E-state index is 0.0557. The quantitative estimate of drug-likeness (QED) is 0.0243. The molecule has 0 saturated heterocycles. The van der Waals surface area contributed by atoms with E-state index in [0.717, 1.165) is 38.5 Å². The van der Waals surface area contributed by atoms with Crippen molar-refractivity contribution in [2.24, 2.45) is 0 Å². The van der Waals surface area contributed by atoms with Crippen LogP contribution in [-0.2, 0) is 18.4 Å². The van der Waals surface area contributed by atoms with Crippen molar-refractivity contribution in [2.75, 3.05) is 40.9 Å². The Bertz CT molecular complexity index is 1110. The summed E-state index contributed by atoms with van der Waals surface area (Å²) in [6, 6.07) is -0.865. The zero-order valence-electron chi connectivity index (χ0n) is 41.6. The third-order valence-corrected chi connectivity index (χ3v) is 12.8. The fraction of sp³-hybridized carbons (Fsp3) is 0.868. The van der Waals surface area contributed by atoms with Gasteiger partial charge in [-0.3, -0.25) is 13.8 Å². The minimum Gasteiger partial charge on any atom is -0.387 e. The fourth-order valence-corrected chi connectivity index (χ4v) is 8.38. The lowest BCUT2D eigenvalue weighted by atomic mass is 10.0. The molecule has 0 aromatic rings. The van der Waals surface area contributed by atoms with Crippen molar-refractivity contribution in [2.45, 2.75) is 257 Å². The Balaban J connectivity index is 4.32. The van der Waals surface area contributed by atoms with Gasteiger partial charge in [-0.2, -0.15) is 0 Å². The molecule has 0 rings (SSSR count). The molecule has 0 aliphatic rings. The van der Waals surface area contributed by atoms with Gasteiger partial charge in [-0.25, -0.2) is 4.57 Å². The van der Waals surface area contributed by atoms with Gasteiger partial charge >= 0.3 is 7.82 Å². The van der Waals surface area contributed by atoms with Gasteiger partial charge in [0.15, 0.2) is 0 Å². The average Bonchev–Trinajstić information content (AvgIpc) is 3.23. The summed E-state index contributed by atoms with van der Waals surface area (Å²) >= 11 is 0. The van der Waals surface area contributed by atoms with Crippen LogP contribution >= 0.6 is 7.82 Å². The van der Waals surface area contributed by atoms with Crippen molar-refractivity contribution >= 4 is 13.7 Å². The first-order chi connectivity index (χ1) is 30.0. The van der Waals surface area contributed by atoms with Gasteiger partial charge in [-0.15, -0.1) is 0 Å². The maximum absolute atomic E-state index is 12.9. The normalized spacial score (nSPS) is 14.4. The number of phosphoric ester groups is 1. The third-order valence-electron chi connectivity index (χ3n) is 11.8. The molecule has 0 saturated carbocycles. The highest BCUT2D eigenvalue weighted by Gasteiger charge is 2.27. The molecular weight excluding hydrogens is 792 g/mol. The number of quaternary nitrogens is 1. The number of rotatable bonds is 48. The minimum atomic E-state index is -4.35. The van der Waals surface area contributed by atoms with E-state index in [9.17, 15) is 19.4 Å². The van der Waals surface area contributed by atoms with Crippen LogP contribution in [0.2, 0.25) is 0 Å². The SMILES string of the molecule is CCCCCCCCCCCCC/C=C\CCCCCCCCCC(=O)NC(COP(=O)(O)OCC[N+](C)(C)C)C(O)/C=C/CC/C=C/CCCCCCCCCCCCCC. The van der Waals surface area contributed by atoms with Crippen molar-refractivity contribution in [1.29, 1.82) is 0 Å². The lowest BCUT2D eigenvalue weighted by Crippen LogP contribution is -2.45. The molecule has 3 N–H and O–H groups in total. The molecule has 3 atom stereocenters. The molecular formula is C53H104N2O6P+. The number of aliphatic hydroxyl groups excluding tert-OH is 1. The summed E-state index contributed by atoms with van der Waals surface area (Å²) in [5.41, 5.74) is 0. The Morgan fingerprint density at radius 2 is 0.887 bits per heavy atom. The number of hydrogen-bond acceptors (Lipinski definition) is 5. The van der Waals surface area contributed by atoms with Crippen molar-refractivity contribution in [3.63, 3.8) is 0 Å². The van der Waals surface area contributed by atoms with Gasteiger partial charge in [-0.1, -0.05) is 217 Å². The van der Waals surface area contributed by atoms with Crippen LogP contribution in [0.15, 0.2) is 36.5 Å². The standard InChI is InChI=1S/C53H103N2O6P/c1-6-8-10-12-14-16-18-20-22-24-26-27-28-29-31-33-35-37-39-41-43-45-47-53(57)54-51(50-61-62(58,59)60-49-48-55(3,4)5)52(56)46-44-42-40-38-36-34-32-30-25-23-21-19-17-15-13-11-9-7-2/h28-29,36,38,44,46,51-52,56H,6-27,30-35,37,39-43,45,47-50H2,1-5H3,(H-,54,57,58,59)/p+1/b29-28-,38-36+,46-44+. The first kappa shape index (κ1) is 60.7. The number of nitrogens with one attached hydrogen (secondary N) is 1. The van der Waals surface area contributed by atoms with Gasteiger partial charge in [0.25, 0.3) is 0 Å². The van der Waals surface area contributed by atoms with Crippen LogP contribution in [0.25, 0.3) is 0 Å². The first-order valence-electron chi connectivity index (χ1n) is 26.4. The number of aliphatic hydroxyl groups is 1. The predicted molar refractivity (Wildman–Crippen MR) is 268 cm³/mol. The summed E-state index contributed by atoms with van der Waals surface area (Å²) in [4.78, 5) is 23.2. The van der Waals surface area contributed by atoms with Crippen molar-refractivity contribution in [3.05, 3.63) is 36.5 Å². The number of phosphoric acid groups is 1. The average molecular weight is 896 g/mol. The van der Waals surface area contributed by atoms with Crippen LogP contribution in [0.4, 0.5) is 0 Å². The van der Waals surface area contributed by atoms with Gasteiger partial charge in [-0.05, 0) is 57.8 Å². The van der Waals surface area contributed by atoms with Crippen LogP contribution < -0.4 is 5.32 Å². The van der Waals surface area contributed by atoms with E-state index >= 15 is 0 Å². The highest BCUT2D eigenvalue weighted by molar-refractivity contribution is 7.47. The lowest BCUT2D eigenvalue weighted by molar-refractivity contribution is -0.870. The van der Waals surface area contributed by atoms with E-state index in [1.54, 1.807) is 6.08 Å². The molecule has 1 amide bonds. The topological polar surface area (TPSA) is 105 Å². The van der Waals surface area contributed by atoms with Crippen LogP contribution in [0.3, 0.4) is 0 Å². The molecule has 0 spiro atoms. The highest BCUT2D eigenvalue weighted by atomic mass is 31.2. The largest absolute Gasteiger partial charge is 0.472 e. The molecule has 0 heterocycles. The lowest BCUT2D eigenvalue weighted by Gasteiger charge is -2.25. The Morgan fingerprint density at radius 1 is 0.532 bits per heavy atom. The number of carbonyl (C=O) groups is 1. The van der Waals surface area contributed by atoms with Crippen molar-refractivity contribution < 1.29 is 32.9 Å². The van der Waals surface area contributed by atoms with E-state index in [1.807, 2.05) is 27.2 Å². The molecule has 0 aliphatic heterocycles. The second-order valence-electron chi connectivity index (χ2n) is 19.2. The maximum Gasteiger partial charge on any atom is 0.472 e. The van der Waals surface area contributed by atoms with Gasteiger partial charge in [0.2, 0.25) is 5.91 Å². The summed E-state index contributed by atoms with van der Waals surface area (Å²) in [5.74, 6) is -0.189. The third kappa shape index (κ3) is 46.7. The number of nitrogens with zero attached hydrogens (tertiary/aromatic N) is 1. The summed E-state index contributed by atoms with van der Waals surface area (Å²) in [5, 5.41) is 13.9. The smallest absolute Gasteiger partial charge is 0.387 e.